The van der Waals surface area contributed by atoms with Crippen molar-refractivity contribution in [3.05, 3.63) is 198 Å². The van der Waals surface area contributed by atoms with Gasteiger partial charge in [0.25, 0.3) is 0 Å². The minimum Gasteiger partial charge on any atom is -0.307 e. The number of nitrogens with zero attached hydrogens (tertiary/aromatic N) is 5. The number of aromatic nitrogens is 3. The third kappa shape index (κ3) is 4.87. The fraction of sp³-hybridized carbons (Fsp3) is 0.0357. The lowest BCUT2D eigenvalue weighted by Gasteiger charge is -2.26. The van der Waals surface area contributed by atoms with Gasteiger partial charge in [0.05, 0.1) is 50.2 Å². The molecule has 0 atom stereocenters. The van der Waals surface area contributed by atoms with Gasteiger partial charge < -0.3 is 13.7 Å². The van der Waals surface area contributed by atoms with Crippen LogP contribution in [0, 0.1) is 36.5 Å². The Hall–Kier alpha value is -8.38. The van der Waals surface area contributed by atoms with E-state index in [4.69, 9.17) is 0 Å². The van der Waals surface area contributed by atoms with Gasteiger partial charge in [-0.15, -0.1) is 0 Å². The Bertz CT molecular complexity index is 3610. The van der Waals surface area contributed by atoms with Crippen LogP contribution in [0.4, 0.5) is 0 Å². The van der Waals surface area contributed by atoms with E-state index in [0.29, 0.717) is 16.8 Å². The van der Waals surface area contributed by atoms with Gasteiger partial charge in [0.2, 0.25) is 0 Å². The summed E-state index contributed by atoms with van der Waals surface area (Å²) in [6, 6.07) is 67.2. The molecule has 0 aliphatic heterocycles. The Labute approximate surface area is 351 Å². The quantitative estimate of drug-likeness (QED) is 0.179. The first kappa shape index (κ1) is 34.6. The van der Waals surface area contributed by atoms with Gasteiger partial charge in [-0.2, -0.15) is 10.5 Å². The lowest BCUT2D eigenvalue weighted by molar-refractivity contribution is 1.08. The molecule has 0 saturated carbocycles. The molecule has 3 heterocycles. The summed E-state index contributed by atoms with van der Waals surface area (Å²) < 4.78 is 6.73. The van der Waals surface area contributed by atoms with Gasteiger partial charge in [-0.3, -0.25) is 0 Å². The zero-order valence-electron chi connectivity index (χ0n) is 33.5. The van der Waals surface area contributed by atoms with Gasteiger partial charge >= 0.3 is 0 Å². The summed E-state index contributed by atoms with van der Waals surface area (Å²) >= 11 is 0. The molecule has 0 fully saturated rings. The first-order valence-corrected chi connectivity index (χ1v) is 20.6. The van der Waals surface area contributed by atoms with Crippen LogP contribution in [0.1, 0.15) is 22.3 Å². The minimum absolute atomic E-state index is 0.413. The molecule has 5 nitrogen and oxygen atoms in total. The van der Waals surface area contributed by atoms with Gasteiger partial charge in [0.15, 0.2) is 0 Å². The molecular formula is C56H35N5. The number of benzene rings is 9. The lowest BCUT2D eigenvalue weighted by Crippen LogP contribution is -2.14. The molecular weight excluding hydrogens is 743 g/mol. The number of fused-ring (bicyclic) bond motifs is 10. The monoisotopic (exact) mass is 777 g/mol. The Balaban J connectivity index is 1.42. The molecule has 3 aromatic heterocycles. The molecule has 12 rings (SSSR count). The van der Waals surface area contributed by atoms with Crippen molar-refractivity contribution in [1.29, 1.82) is 10.5 Å². The maximum Gasteiger partial charge on any atom is 0.104 e. The number of nitriles is 2. The summed E-state index contributed by atoms with van der Waals surface area (Å²) in [6.07, 6.45) is 0. The van der Waals surface area contributed by atoms with Crippen LogP contribution in [0.25, 0.3) is 104 Å². The standard InChI is InChI=1S/C56H35N5/c1-34-23-27-51-43(29-34)44-30-35(2)24-28-52(44)59(51)54-45(32-57)55(60-47-19-9-5-15-39(47)40-16-6-10-20-48(40)60)53(38-26-25-36-13-3-4-14-37(36)31-38)56(46(54)33-58)61-49-21-11-7-17-41(49)42-18-8-12-22-50(42)61/h3-31H,1-2H3. The van der Waals surface area contributed by atoms with Gasteiger partial charge in [0.1, 0.15) is 23.3 Å². The van der Waals surface area contributed by atoms with Crippen LogP contribution < -0.4 is 0 Å². The fourth-order valence-corrected chi connectivity index (χ4v) is 10.0. The molecule has 0 aliphatic carbocycles. The molecule has 0 N–H and O–H groups in total. The van der Waals surface area contributed by atoms with E-state index in [9.17, 15) is 10.5 Å². The number of para-hydroxylation sites is 4. The lowest BCUT2D eigenvalue weighted by atomic mass is 9.90. The smallest absolute Gasteiger partial charge is 0.104 e. The summed E-state index contributed by atoms with van der Waals surface area (Å²) in [5.74, 6) is 0. The molecule has 5 heteroatoms. The molecule has 0 aliphatic rings. The van der Waals surface area contributed by atoms with E-state index >= 15 is 0 Å². The third-order valence-electron chi connectivity index (χ3n) is 12.6. The average molecular weight is 778 g/mol. The van der Waals surface area contributed by atoms with Crippen LogP contribution in [0.3, 0.4) is 0 Å². The van der Waals surface area contributed by atoms with Crippen molar-refractivity contribution in [1.82, 2.24) is 13.7 Å². The van der Waals surface area contributed by atoms with Crippen molar-refractivity contribution in [2.24, 2.45) is 0 Å². The van der Waals surface area contributed by atoms with Gasteiger partial charge in [-0.25, -0.2) is 0 Å². The summed E-state index contributed by atoms with van der Waals surface area (Å²) in [6.45, 7) is 4.22. The highest BCUT2D eigenvalue weighted by Crippen LogP contribution is 2.49. The van der Waals surface area contributed by atoms with Gasteiger partial charge in [-0.1, -0.05) is 132 Å². The molecule has 0 saturated heterocycles. The van der Waals surface area contributed by atoms with Crippen LogP contribution >= 0.6 is 0 Å². The van der Waals surface area contributed by atoms with Crippen molar-refractivity contribution in [2.45, 2.75) is 13.8 Å². The highest BCUT2D eigenvalue weighted by Gasteiger charge is 2.33. The zero-order valence-corrected chi connectivity index (χ0v) is 33.5. The van der Waals surface area contributed by atoms with E-state index in [0.717, 1.165) is 110 Å². The van der Waals surface area contributed by atoms with Crippen LogP contribution in [0.5, 0.6) is 0 Å². The number of aryl methyl sites for hydroxylation is 2. The van der Waals surface area contributed by atoms with Crippen molar-refractivity contribution in [3.8, 4) is 40.3 Å². The predicted molar refractivity (Wildman–Crippen MR) is 251 cm³/mol. The van der Waals surface area contributed by atoms with Crippen molar-refractivity contribution < 1.29 is 0 Å². The van der Waals surface area contributed by atoms with Gasteiger partial charge in [-0.05, 0) is 84.8 Å². The second-order valence-corrected chi connectivity index (χ2v) is 16.1. The van der Waals surface area contributed by atoms with Crippen molar-refractivity contribution in [2.75, 3.05) is 0 Å². The van der Waals surface area contributed by atoms with Gasteiger partial charge in [0, 0.05) is 37.9 Å². The first-order chi connectivity index (χ1) is 30.0. The number of hydrogen-bond acceptors (Lipinski definition) is 2. The maximum absolute atomic E-state index is 12.0. The number of rotatable bonds is 4. The highest BCUT2D eigenvalue weighted by atomic mass is 15.1. The SMILES string of the molecule is Cc1ccc2c(c1)c1cc(C)ccc1n2-c1c(C#N)c(-n2c3ccccc3c3ccccc32)c(-c2ccc3ccccc3c2)c(-n2c3ccccc3c3ccccc32)c1C#N. The van der Waals surface area contributed by atoms with Crippen LogP contribution in [0.15, 0.2) is 176 Å². The molecule has 61 heavy (non-hydrogen) atoms. The summed E-state index contributed by atoms with van der Waals surface area (Å²) in [5.41, 5.74) is 12.5. The zero-order chi connectivity index (χ0) is 40.9. The summed E-state index contributed by atoms with van der Waals surface area (Å²) in [4.78, 5) is 0. The second kappa shape index (κ2) is 13.1. The Morgan fingerprint density at radius 1 is 0.344 bits per heavy atom. The highest BCUT2D eigenvalue weighted by molar-refractivity contribution is 6.15. The minimum atomic E-state index is 0.413. The van der Waals surface area contributed by atoms with E-state index in [-0.39, 0.29) is 0 Å². The maximum atomic E-state index is 12.0. The van der Waals surface area contributed by atoms with Crippen LogP contribution in [-0.2, 0) is 0 Å². The normalized spacial score (nSPS) is 11.7. The van der Waals surface area contributed by atoms with Crippen molar-refractivity contribution in [3.63, 3.8) is 0 Å². The summed E-state index contributed by atoms with van der Waals surface area (Å²) in [5, 5.41) is 32.7. The summed E-state index contributed by atoms with van der Waals surface area (Å²) in [7, 11) is 0. The molecule has 284 valence electrons. The van der Waals surface area contributed by atoms with E-state index in [1.54, 1.807) is 0 Å². The van der Waals surface area contributed by atoms with Crippen LogP contribution in [0.2, 0.25) is 0 Å². The molecule has 0 spiro atoms. The van der Waals surface area contributed by atoms with Crippen molar-refractivity contribution >= 4 is 76.2 Å². The second-order valence-electron chi connectivity index (χ2n) is 16.1. The molecule has 12 aromatic rings. The number of hydrogen-bond donors (Lipinski definition) is 0. The van der Waals surface area contributed by atoms with E-state index < -0.39 is 0 Å². The predicted octanol–water partition coefficient (Wildman–Crippen LogP) is 14.2. The molecule has 9 aromatic carbocycles. The Morgan fingerprint density at radius 2 is 0.721 bits per heavy atom. The Morgan fingerprint density at radius 3 is 1.16 bits per heavy atom. The first-order valence-electron chi connectivity index (χ1n) is 20.6. The molecule has 0 radical (unpaired) electrons. The van der Waals surface area contributed by atoms with E-state index in [2.05, 4.69) is 216 Å². The van der Waals surface area contributed by atoms with E-state index in [1.165, 1.54) is 0 Å². The third-order valence-corrected chi connectivity index (χ3v) is 12.6. The topological polar surface area (TPSA) is 62.4 Å². The molecule has 0 amide bonds. The fourth-order valence-electron chi connectivity index (χ4n) is 10.0. The molecule has 0 bridgehead atoms. The van der Waals surface area contributed by atoms with E-state index in [1.807, 2.05) is 0 Å². The molecule has 0 unspecified atom stereocenters. The van der Waals surface area contributed by atoms with Crippen LogP contribution in [-0.4, -0.2) is 13.7 Å². The largest absolute Gasteiger partial charge is 0.307 e. The Kier molecular flexibility index (Phi) is 7.42. The average Bonchev–Trinajstić information content (AvgIpc) is 3.93.